The summed E-state index contributed by atoms with van der Waals surface area (Å²) in [5.41, 5.74) is 0.578. The van der Waals surface area contributed by atoms with Gasteiger partial charge in [0.15, 0.2) is 17.6 Å². The van der Waals surface area contributed by atoms with Crippen LogP contribution >= 0.6 is 0 Å². The molecule has 0 radical (unpaired) electrons. The van der Waals surface area contributed by atoms with Gasteiger partial charge in [0.05, 0.1) is 12.5 Å². The van der Waals surface area contributed by atoms with E-state index >= 15 is 0 Å². The zero-order valence-corrected chi connectivity index (χ0v) is 10.9. The average molecular weight is 312 g/mol. The summed E-state index contributed by atoms with van der Waals surface area (Å²) in [5, 5.41) is 48.8. The molecule has 1 saturated heterocycles. The van der Waals surface area contributed by atoms with Crippen LogP contribution in [0.3, 0.4) is 0 Å². The number of aliphatic carboxylic acids is 1. The van der Waals surface area contributed by atoms with E-state index in [0.29, 0.717) is 5.52 Å². The molecular formula is C11H12N4O7. The molecule has 3 rings (SSSR count). The van der Waals surface area contributed by atoms with Gasteiger partial charge in [0.1, 0.15) is 23.8 Å². The minimum absolute atomic E-state index is 0.140. The van der Waals surface area contributed by atoms with Crippen LogP contribution in [0, 0.1) is 0 Å². The first-order valence-corrected chi connectivity index (χ1v) is 6.18. The fraction of sp³-hybridized carbons (Fsp3) is 0.455. The SMILES string of the molecule is O=C(O)C1OC(O)(c2ncc3[nH]cnc3n2)C(O)C(O)C1O. The smallest absolute Gasteiger partial charge is 0.335 e. The molecule has 3 heterocycles. The van der Waals surface area contributed by atoms with Crippen molar-refractivity contribution in [3.8, 4) is 0 Å². The van der Waals surface area contributed by atoms with E-state index < -0.39 is 42.0 Å². The third-order valence-corrected chi connectivity index (χ3v) is 3.43. The van der Waals surface area contributed by atoms with Gasteiger partial charge in [0.2, 0.25) is 0 Å². The second-order valence-electron chi connectivity index (χ2n) is 4.83. The molecule has 5 atom stereocenters. The number of nitrogens with one attached hydrogen (secondary N) is 1. The molecule has 22 heavy (non-hydrogen) atoms. The Kier molecular flexibility index (Phi) is 3.30. The number of carbonyl (C=O) groups is 1. The van der Waals surface area contributed by atoms with E-state index in [9.17, 15) is 25.2 Å². The number of fused-ring (bicyclic) bond motifs is 1. The first-order valence-electron chi connectivity index (χ1n) is 6.18. The van der Waals surface area contributed by atoms with Gasteiger partial charge in [-0.2, -0.15) is 0 Å². The molecule has 2 aromatic rings. The summed E-state index contributed by atoms with van der Waals surface area (Å²) in [5.74, 6) is -4.83. The van der Waals surface area contributed by atoms with Gasteiger partial charge < -0.3 is 35.3 Å². The average Bonchev–Trinajstić information content (AvgIpc) is 2.96. The fourth-order valence-electron chi connectivity index (χ4n) is 2.22. The zero-order chi connectivity index (χ0) is 16.1. The predicted octanol–water partition coefficient (Wildman–Crippen LogP) is -2.94. The number of hydrogen-bond donors (Lipinski definition) is 6. The lowest BCUT2D eigenvalue weighted by molar-refractivity contribution is -0.352. The van der Waals surface area contributed by atoms with Crippen LogP contribution in [0.2, 0.25) is 0 Å². The third kappa shape index (κ3) is 2.03. The molecule has 0 saturated carbocycles. The maximum absolute atomic E-state index is 11.1. The molecule has 1 fully saturated rings. The number of aromatic nitrogens is 4. The standard InChI is InChI=1S/C11H12N4O7/c16-4-5(17)7(18)11(21,22-6(4)9(19)20)10-12-1-3-8(15-10)14-2-13-3/h1-2,4-7,16-18,21H,(H,19,20)(H,12,13,14,15). The van der Waals surface area contributed by atoms with Gasteiger partial charge in [-0.15, -0.1) is 0 Å². The molecule has 118 valence electrons. The second kappa shape index (κ2) is 4.93. The van der Waals surface area contributed by atoms with Gasteiger partial charge in [0.25, 0.3) is 5.79 Å². The molecule has 0 spiro atoms. The van der Waals surface area contributed by atoms with Crippen molar-refractivity contribution in [1.82, 2.24) is 19.9 Å². The quantitative estimate of drug-likeness (QED) is 0.335. The van der Waals surface area contributed by atoms with Gasteiger partial charge in [-0.3, -0.25) is 0 Å². The Labute approximate surface area is 121 Å². The summed E-state index contributed by atoms with van der Waals surface area (Å²) in [6.45, 7) is 0. The van der Waals surface area contributed by atoms with E-state index in [1.165, 1.54) is 12.5 Å². The van der Waals surface area contributed by atoms with E-state index in [2.05, 4.69) is 19.9 Å². The molecule has 11 nitrogen and oxygen atoms in total. The molecular weight excluding hydrogens is 300 g/mol. The Hall–Kier alpha value is -2.18. The predicted molar refractivity (Wildman–Crippen MR) is 66.1 cm³/mol. The first kappa shape index (κ1) is 14.7. The highest BCUT2D eigenvalue weighted by Crippen LogP contribution is 2.34. The van der Waals surface area contributed by atoms with Gasteiger partial charge in [-0.05, 0) is 0 Å². The van der Waals surface area contributed by atoms with Gasteiger partial charge in [-0.25, -0.2) is 19.7 Å². The van der Waals surface area contributed by atoms with Crippen molar-refractivity contribution < 1.29 is 35.1 Å². The van der Waals surface area contributed by atoms with Crippen LogP contribution in [-0.4, -0.2) is 75.9 Å². The van der Waals surface area contributed by atoms with Crippen LogP contribution in [0.5, 0.6) is 0 Å². The molecule has 1 aliphatic heterocycles. The number of nitrogens with zero attached hydrogens (tertiary/aromatic N) is 3. The van der Waals surface area contributed by atoms with Crippen LogP contribution in [0.15, 0.2) is 12.5 Å². The number of imidazole rings is 1. The molecule has 11 heteroatoms. The Balaban J connectivity index is 2.06. The Morgan fingerprint density at radius 2 is 2.00 bits per heavy atom. The summed E-state index contributed by atoms with van der Waals surface area (Å²) in [4.78, 5) is 25.2. The Morgan fingerprint density at radius 1 is 1.27 bits per heavy atom. The maximum atomic E-state index is 11.1. The summed E-state index contributed by atoms with van der Waals surface area (Å²) in [6.07, 6.45) is -5.37. The van der Waals surface area contributed by atoms with Gasteiger partial charge >= 0.3 is 5.97 Å². The highest BCUT2D eigenvalue weighted by atomic mass is 16.7. The fourth-order valence-corrected chi connectivity index (χ4v) is 2.22. The highest BCUT2D eigenvalue weighted by molar-refractivity contribution is 5.73. The molecule has 5 unspecified atom stereocenters. The van der Waals surface area contributed by atoms with Crippen molar-refractivity contribution in [1.29, 1.82) is 0 Å². The van der Waals surface area contributed by atoms with Crippen LogP contribution in [0.1, 0.15) is 5.82 Å². The summed E-state index contributed by atoms with van der Waals surface area (Å²) in [6, 6.07) is 0. The van der Waals surface area contributed by atoms with E-state index in [1.807, 2.05) is 0 Å². The van der Waals surface area contributed by atoms with E-state index in [1.54, 1.807) is 0 Å². The molecule has 0 aromatic carbocycles. The van der Waals surface area contributed by atoms with Gasteiger partial charge in [0, 0.05) is 0 Å². The minimum atomic E-state index is -2.71. The number of aromatic amines is 1. The van der Waals surface area contributed by atoms with Crippen molar-refractivity contribution in [2.24, 2.45) is 0 Å². The number of aliphatic hydroxyl groups is 4. The minimum Gasteiger partial charge on any atom is -0.479 e. The lowest BCUT2D eigenvalue weighted by Gasteiger charge is -2.43. The Morgan fingerprint density at radius 3 is 2.68 bits per heavy atom. The lowest BCUT2D eigenvalue weighted by atomic mass is 9.92. The molecule has 1 aliphatic rings. The number of carboxylic acids is 1. The van der Waals surface area contributed by atoms with E-state index in [4.69, 9.17) is 9.84 Å². The van der Waals surface area contributed by atoms with Crippen LogP contribution in [0.4, 0.5) is 0 Å². The zero-order valence-electron chi connectivity index (χ0n) is 10.9. The van der Waals surface area contributed by atoms with Crippen LogP contribution < -0.4 is 0 Å². The van der Waals surface area contributed by atoms with Crippen molar-refractivity contribution in [3.63, 3.8) is 0 Å². The molecule has 0 aliphatic carbocycles. The maximum Gasteiger partial charge on any atom is 0.335 e. The normalized spacial score (nSPS) is 35.6. The third-order valence-electron chi connectivity index (χ3n) is 3.43. The summed E-state index contributed by atoms with van der Waals surface area (Å²) < 4.78 is 4.87. The Bertz CT molecular complexity index is 721. The topological polar surface area (TPSA) is 182 Å². The van der Waals surface area contributed by atoms with Crippen molar-refractivity contribution in [3.05, 3.63) is 18.3 Å². The molecule has 0 amide bonds. The number of ether oxygens (including phenoxy) is 1. The highest BCUT2D eigenvalue weighted by Gasteiger charge is 2.57. The molecule has 0 bridgehead atoms. The first-order chi connectivity index (χ1) is 10.3. The number of rotatable bonds is 2. The number of hydrogen-bond acceptors (Lipinski definition) is 9. The van der Waals surface area contributed by atoms with Crippen LogP contribution in [0.25, 0.3) is 11.2 Å². The number of aliphatic hydroxyl groups excluding tert-OH is 3. The van der Waals surface area contributed by atoms with Crippen LogP contribution in [-0.2, 0) is 15.3 Å². The number of H-pyrrole nitrogens is 1. The van der Waals surface area contributed by atoms with Crippen molar-refractivity contribution >= 4 is 17.1 Å². The van der Waals surface area contributed by atoms with E-state index in [0.717, 1.165) is 0 Å². The summed E-state index contributed by atoms with van der Waals surface area (Å²) >= 11 is 0. The second-order valence-corrected chi connectivity index (χ2v) is 4.83. The lowest BCUT2D eigenvalue weighted by Crippen LogP contribution is -2.64. The van der Waals surface area contributed by atoms with E-state index in [-0.39, 0.29) is 5.65 Å². The monoisotopic (exact) mass is 312 g/mol. The van der Waals surface area contributed by atoms with Gasteiger partial charge in [-0.1, -0.05) is 0 Å². The molecule has 6 N–H and O–H groups in total. The molecule has 2 aromatic heterocycles. The summed E-state index contributed by atoms with van der Waals surface area (Å²) in [7, 11) is 0. The largest absolute Gasteiger partial charge is 0.479 e. The number of carboxylic acid groups (broad SMARTS) is 1. The van der Waals surface area contributed by atoms with Crippen molar-refractivity contribution in [2.75, 3.05) is 0 Å². The van der Waals surface area contributed by atoms with Crippen molar-refractivity contribution in [2.45, 2.75) is 30.2 Å².